The first-order chi connectivity index (χ1) is 6.00. The van der Waals surface area contributed by atoms with Crippen LogP contribution in [-0.4, -0.2) is 17.3 Å². The fraction of sp³-hybridized carbons (Fsp3) is 0.143. The number of phenolic OH excluding ortho intramolecular Hbond substituents is 2. The van der Waals surface area contributed by atoms with Gasteiger partial charge in [0.25, 0.3) is 0 Å². The lowest BCUT2D eigenvalue weighted by molar-refractivity contribution is 0.347. The number of rotatable bonds is 1. The van der Waals surface area contributed by atoms with Gasteiger partial charge in [0.1, 0.15) is 0 Å². The number of hydrogen-bond donors (Lipinski definition) is 2. The van der Waals surface area contributed by atoms with Crippen molar-refractivity contribution in [2.24, 2.45) is 0 Å². The number of aromatic hydroxyl groups is 2. The van der Waals surface area contributed by atoms with Crippen molar-refractivity contribution >= 4 is 47.8 Å². The quantitative estimate of drug-likeness (QED) is 0.583. The second-order valence-corrected chi connectivity index (χ2v) is 4.55. The van der Waals surface area contributed by atoms with Gasteiger partial charge in [-0.05, 0) is 47.8 Å². The second kappa shape index (κ2) is 4.06. The van der Waals surface area contributed by atoms with E-state index in [9.17, 15) is 10.2 Å². The van der Waals surface area contributed by atoms with Crippen LogP contribution in [0.25, 0.3) is 0 Å². The molecule has 0 saturated carbocycles. The molecule has 0 aromatic heterocycles. The van der Waals surface area contributed by atoms with Crippen LogP contribution in [-0.2, 0) is 0 Å². The molecule has 1 aromatic carbocycles. The van der Waals surface area contributed by atoms with Crippen LogP contribution in [0.3, 0.4) is 0 Å². The predicted molar refractivity (Wildman–Crippen MR) is 59.4 cm³/mol. The van der Waals surface area contributed by atoms with Crippen LogP contribution in [0.4, 0.5) is 0 Å². The fourth-order valence-electron chi connectivity index (χ4n) is 0.802. The number of phenols is 2. The molecule has 3 nitrogen and oxygen atoms in total. The maximum absolute atomic E-state index is 9.43. The number of hydrogen-bond acceptors (Lipinski definition) is 3. The monoisotopic (exact) mass is 374 g/mol. The van der Waals surface area contributed by atoms with E-state index in [2.05, 4.69) is 47.8 Å². The number of halogens is 3. The minimum absolute atomic E-state index is 0.188. The zero-order chi connectivity index (χ0) is 10.2. The standard InChI is InChI=1S/C7H5Br3O3/c1-13-7-4(10)2(8)3(9)5(11)6(7)12/h11-12H,1H3. The Bertz CT molecular complexity index is 322. The van der Waals surface area contributed by atoms with Crippen molar-refractivity contribution in [1.82, 2.24) is 0 Å². The molecular weight excluding hydrogens is 372 g/mol. The molecule has 0 aliphatic carbocycles. The molecule has 0 aliphatic rings. The van der Waals surface area contributed by atoms with E-state index in [-0.39, 0.29) is 17.2 Å². The van der Waals surface area contributed by atoms with Gasteiger partial charge in [-0.2, -0.15) is 0 Å². The molecule has 0 heterocycles. The molecule has 6 heteroatoms. The Morgan fingerprint density at radius 1 is 0.923 bits per heavy atom. The van der Waals surface area contributed by atoms with Crippen LogP contribution in [0, 0.1) is 0 Å². The first-order valence-electron chi connectivity index (χ1n) is 3.13. The Kier molecular flexibility index (Phi) is 3.48. The molecule has 1 aromatic rings. The highest BCUT2D eigenvalue weighted by molar-refractivity contribution is 9.14. The molecule has 1 rings (SSSR count). The maximum atomic E-state index is 9.43. The molecule has 0 spiro atoms. The molecule has 0 fully saturated rings. The van der Waals surface area contributed by atoms with Crippen LogP contribution >= 0.6 is 47.8 Å². The van der Waals surface area contributed by atoms with E-state index in [0.29, 0.717) is 13.4 Å². The van der Waals surface area contributed by atoms with Crippen LogP contribution in [0.15, 0.2) is 13.4 Å². The van der Waals surface area contributed by atoms with Gasteiger partial charge < -0.3 is 14.9 Å². The molecule has 0 atom stereocenters. The van der Waals surface area contributed by atoms with Gasteiger partial charge in [0.2, 0.25) is 5.75 Å². The lowest BCUT2D eigenvalue weighted by Crippen LogP contribution is -1.88. The van der Waals surface area contributed by atoms with Crippen LogP contribution in [0.1, 0.15) is 0 Å². The summed E-state index contributed by atoms with van der Waals surface area (Å²) in [5.41, 5.74) is 0. The average Bonchev–Trinajstić information content (AvgIpc) is 2.13. The summed E-state index contributed by atoms with van der Waals surface area (Å²) in [6.45, 7) is 0. The van der Waals surface area contributed by atoms with Gasteiger partial charge in [0.15, 0.2) is 11.5 Å². The van der Waals surface area contributed by atoms with Crippen LogP contribution in [0.5, 0.6) is 17.2 Å². The van der Waals surface area contributed by atoms with E-state index in [1.165, 1.54) is 7.11 Å². The highest BCUT2D eigenvalue weighted by atomic mass is 79.9. The van der Waals surface area contributed by atoms with Crippen molar-refractivity contribution in [3.05, 3.63) is 13.4 Å². The van der Waals surface area contributed by atoms with Crippen LogP contribution < -0.4 is 4.74 Å². The molecule has 0 unspecified atom stereocenters. The molecule has 72 valence electrons. The molecular formula is C7H5Br3O3. The maximum Gasteiger partial charge on any atom is 0.203 e. The SMILES string of the molecule is COc1c(O)c(O)c(Br)c(Br)c1Br. The summed E-state index contributed by atoms with van der Waals surface area (Å²) in [6.07, 6.45) is 0. The molecule has 0 radical (unpaired) electrons. The first-order valence-corrected chi connectivity index (χ1v) is 5.51. The highest BCUT2D eigenvalue weighted by Gasteiger charge is 2.19. The Morgan fingerprint density at radius 3 is 1.92 bits per heavy atom. The van der Waals surface area contributed by atoms with Gasteiger partial charge in [-0.25, -0.2) is 0 Å². The molecule has 13 heavy (non-hydrogen) atoms. The Hall–Kier alpha value is 0.0600. The third-order valence-electron chi connectivity index (χ3n) is 1.44. The van der Waals surface area contributed by atoms with Crippen molar-refractivity contribution < 1.29 is 14.9 Å². The van der Waals surface area contributed by atoms with Gasteiger partial charge in [0, 0.05) is 0 Å². The normalized spacial score (nSPS) is 10.2. The van der Waals surface area contributed by atoms with Gasteiger partial charge in [0.05, 0.1) is 20.5 Å². The topological polar surface area (TPSA) is 49.7 Å². The van der Waals surface area contributed by atoms with Crippen molar-refractivity contribution in [2.45, 2.75) is 0 Å². The second-order valence-electron chi connectivity index (χ2n) is 2.17. The minimum Gasteiger partial charge on any atom is -0.503 e. The average molecular weight is 377 g/mol. The predicted octanol–water partition coefficient (Wildman–Crippen LogP) is 3.39. The van der Waals surface area contributed by atoms with E-state index in [4.69, 9.17) is 4.74 Å². The molecule has 0 amide bonds. The van der Waals surface area contributed by atoms with Crippen LogP contribution in [0.2, 0.25) is 0 Å². The third kappa shape index (κ3) is 1.80. The minimum atomic E-state index is -0.301. The van der Waals surface area contributed by atoms with E-state index in [1.807, 2.05) is 0 Å². The molecule has 0 saturated heterocycles. The molecule has 2 N–H and O–H groups in total. The van der Waals surface area contributed by atoms with E-state index in [0.717, 1.165) is 0 Å². The van der Waals surface area contributed by atoms with Crippen molar-refractivity contribution in [1.29, 1.82) is 0 Å². The lowest BCUT2D eigenvalue weighted by atomic mass is 10.3. The Balaban J connectivity index is 3.56. The Morgan fingerprint density at radius 2 is 1.46 bits per heavy atom. The summed E-state index contributed by atoms with van der Waals surface area (Å²) in [6, 6.07) is 0. The summed E-state index contributed by atoms with van der Waals surface area (Å²) < 4.78 is 6.38. The summed E-state index contributed by atoms with van der Waals surface area (Å²) in [5, 5.41) is 18.8. The lowest BCUT2D eigenvalue weighted by Gasteiger charge is -2.11. The summed E-state index contributed by atoms with van der Waals surface area (Å²) in [7, 11) is 1.40. The zero-order valence-corrected chi connectivity index (χ0v) is 11.2. The summed E-state index contributed by atoms with van der Waals surface area (Å²) in [4.78, 5) is 0. The fourth-order valence-corrected chi connectivity index (χ4v) is 2.37. The van der Waals surface area contributed by atoms with E-state index in [1.54, 1.807) is 0 Å². The number of methoxy groups -OCH3 is 1. The van der Waals surface area contributed by atoms with Gasteiger partial charge >= 0.3 is 0 Å². The highest BCUT2D eigenvalue weighted by Crippen LogP contribution is 2.50. The number of benzene rings is 1. The smallest absolute Gasteiger partial charge is 0.203 e. The van der Waals surface area contributed by atoms with Gasteiger partial charge in [-0.3, -0.25) is 0 Å². The van der Waals surface area contributed by atoms with Gasteiger partial charge in [-0.1, -0.05) is 0 Å². The summed E-state index contributed by atoms with van der Waals surface area (Å²) >= 11 is 9.52. The molecule has 0 aliphatic heterocycles. The van der Waals surface area contributed by atoms with E-state index >= 15 is 0 Å². The molecule has 0 bridgehead atoms. The first kappa shape index (κ1) is 11.1. The van der Waals surface area contributed by atoms with E-state index < -0.39 is 0 Å². The third-order valence-corrected chi connectivity index (χ3v) is 4.82. The van der Waals surface area contributed by atoms with Gasteiger partial charge in [-0.15, -0.1) is 0 Å². The summed E-state index contributed by atoms with van der Waals surface area (Å²) in [5.74, 6) is -0.371. The van der Waals surface area contributed by atoms with Crippen molar-refractivity contribution in [3.63, 3.8) is 0 Å². The largest absolute Gasteiger partial charge is 0.503 e. The van der Waals surface area contributed by atoms with Crippen molar-refractivity contribution in [2.75, 3.05) is 7.11 Å². The zero-order valence-electron chi connectivity index (χ0n) is 6.44. The van der Waals surface area contributed by atoms with Crippen molar-refractivity contribution in [3.8, 4) is 17.2 Å². The Labute approximate surface area is 100 Å². The number of ether oxygens (including phenoxy) is 1.